The van der Waals surface area contributed by atoms with Gasteiger partial charge in [-0.2, -0.15) is 0 Å². The molecule has 96 valence electrons. The van der Waals surface area contributed by atoms with Crippen molar-refractivity contribution in [3.8, 4) is 0 Å². The Hall–Kier alpha value is -2.70. The lowest BCUT2D eigenvalue weighted by Gasteiger charge is -2.11. The van der Waals surface area contributed by atoms with Crippen molar-refractivity contribution in [3.63, 3.8) is 0 Å². The average Bonchev–Trinajstić information content (AvgIpc) is 2.97. The number of imide groups is 1. The molecule has 7 heteroatoms. The summed E-state index contributed by atoms with van der Waals surface area (Å²) < 4.78 is 0. The highest BCUT2D eigenvalue weighted by Crippen LogP contribution is 2.19. The molecular formula is C12H9N3O4. The van der Waals surface area contributed by atoms with Crippen LogP contribution >= 0.6 is 0 Å². The van der Waals surface area contributed by atoms with E-state index >= 15 is 0 Å². The van der Waals surface area contributed by atoms with Crippen LogP contribution in [-0.2, 0) is 14.4 Å². The van der Waals surface area contributed by atoms with Crippen molar-refractivity contribution in [2.24, 2.45) is 0 Å². The second kappa shape index (κ2) is 4.20. The van der Waals surface area contributed by atoms with Crippen molar-refractivity contribution in [2.75, 3.05) is 0 Å². The maximum absolute atomic E-state index is 12.0. The van der Waals surface area contributed by atoms with Crippen LogP contribution in [0.15, 0.2) is 24.5 Å². The molecule has 1 aliphatic heterocycles. The van der Waals surface area contributed by atoms with Crippen LogP contribution in [-0.4, -0.2) is 32.8 Å². The number of hydrogen-bond acceptors (Lipinski definition) is 5. The Morgan fingerprint density at radius 1 is 1.32 bits per heavy atom. The van der Waals surface area contributed by atoms with Crippen molar-refractivity contribution < 1.29 is 19.2 Å². The number of rotatable bonds is 2. The highest BCUT2D eigenvalue weighted by Gasteiger charge is 2.33. The summed E-state index contributed by atoms with van der Waals surface area (Å²) in [4.78, 5) is 46.4. The smallest absolute Gasteiger partial charge is 0.345 e. The van der Waals surface area contributed by atoms with E-state index in [4.69, 9.17) is 4.84 Å². The largest absolute Gasteiger partial charge is 0.366 e. The van der Waals surface area contributed by atoms with Crippen LogP contribution < -0.4 is 0 Å². The second-order valence-electron chi connectivity index (χ2n) is 4.06. The minimum atomic E-state index is -0.761. The maximum Gasteiger partial charge on any atom is 0.366 e. The molecule has 0 saturated carbocycles. The summed E-state index contributed by atoms with van der Waals surface area (Å²) in [6.07, 6.45) is 3.16. The van der Waals surface area contributed by atoms with Crippen LogP contribution in [0.5, 0.6) is 0 Å². The number of hydroxylamine groups is 2. The Morgan fingerprint density at radius 2 is 2.05 bits per heavy atom. The third kappa shape index (κ3) is 1.85. The van der Waals surface area contributed by atoms with Crippen LogP contribution in [0.4, 0.5) is 0 Å². The van der Waals surface area contributed by atoms with Gasteiger partial charge < -0.3 is 9.82 Å². The zero-order valence-corrected chi connectivity index (χ0v) is 9.75. The molecule has 1 saturated heterocycles. The fourth-order valence-corrected chi connectivity index (χ4v) is 1.91. The predicted octanol–water partition coefficient (Wildman–Crippen LogP) is 0.784. The molecule has 3 heterocycles. The zero-order valence-electron chi connectivity index (χ0n) is 9.75. The summed E-state index contributed by atoms with van der Waals surface area (Å²) in [6, 6.07) is 3.38. The maximum atomic E-state index is 12.0. The van der Waals surface area contributed by atoms with Gasteiger partial charge in [0.1, 0.15) is 5.65 Å². The van der Waals surface area contributed by atoms with Crippen molar-refractivity contribution >= 4 is 28.8 Å². The molecular weight excluding hydrogens is 250 g/mol. The monoisotopic (exact) mass is 259 g/mol. The molecule has 7 nitrogen and oxygen atoms in total. The molecule has 0 radical (unpaired) electrons. The van der Waals surface area contributed by atoms with Gasteiger partial charge in [0.15, 0.2) is 0 Å². The Morgan fingerprint density at radius 3 is 2.79 bits per heavy atom. The summed E-state index contributed by atoms with van der Waals surface area (Å²) in [5.74, 6) is -1.77. The van der Waals surface area contributed by atoms with Crippen LogP contribution in [0.2, 0.25) is 0 Å². The van der Waals surface area contributed by atoms with Gasteiger partial charge in [-0.15, -0.1) is 5.06 Å². The fourth-order valence-electron chi connectivity index (χ4n) is 1.91. The minimum Gasteiger partial charge on any atom is -0.345 e. The van der Waals surface area contributed by atoms with E-state index in [1.54, 1.807) is 18.3 Å². The number of pyridine rings is 1. The first-order valence-electron chi connectivity index (χ1n) is 5.67. The van der Waals surface area contributed by atoms with Gasteiger partial charge in [-0.05, 0) is 12.1 Å². The number of carbonyl (C=O) groups excluding carboxylic acids is 3. The minimum absolute atomic E-state index is 0.0710. The molecule has 2 amide bonds. The van der Waals surface area contributed by atoms with Crippen molar-refractivity contribution in [3.05, 3.63) is 30.1 Å². The number of carbonyl (C=O) groups is 3. The molecule has 2 aromatic heterocycles. The second-order valence-corrected chi connectivity index (χ2v) is 4.06. The molecule has 0 atom stereocenters. The van der Waals surface area contributed by atoms with E-state index in [-0.39, 0.29) is 18.4 Å². The topological polar surface area (TPSA) is 92.4 Å². The van der Waals surface area contributed by atoms with Gasteiger partial charge in [-0.3, -0.25) is 9.59 Å². The highest BCUT2D eigenvalue weighted by atomic mass is 16.7. The first kappa shape index (κ1) is 11.4. The fraction of sp³-hybridized carbons (Fsp3) is 0.167. The van der Waals surface area contributed by atoms with E-state index in [0.29, 0.717) is 16.1 Å². The van der Waals surface area contributed by atoms with Gasteiger partial charge in [0.25, 0.3) is 11.8 Å². The van der Waals surface area contributed by atoms with Gasteiger partial charge in [-0.25, -0.2) is 9.78 Å². The average molecular weight is 259 g/mol. The van der Waals surface area contributed by atoms with E-state index < -0.39 is 17.8 Å². The van der Waals surface area contributed by atoms with Crippen LogP contribution in [0.1, 0.15) is 23.2 Å². The van der Waals surface area contributed by atoms with Gasteiger partial charge in [-0.1, -0.05) is 0 Å². The Balaban J connectivity index is 1.88. The van der Waals surface area contributed by atoms with E-state index in [2.05, 4.69) is 9.97 Å². The molecule has 0 spiro atoms. The van der Waals surface area contributed by atoms with Gasteiger partial charge in [0.2, 0.25) is 0 Å². The van der Waals surface area contributed by atoms with Crippen molar-refractivity contribution in [1.29, 1.82) is 0 Å². The summed E-state index contributed by atoms with van der Waals surface area (Å²) in [7, 11) is 0. The highest BCUT2D eigenvalue weighted by molar-refractivity contribution is 6.06. The quantitative estimate of drug-likeness (QED) is 0.804. The number of aromatic nitrogens is 2. The molecule has 0 aromatic carbocycles. The molecule has 1 fully saturated rings. The molecule has 0 bridgehead atoms. The van der Waals surface area contributed by atoms with Crippen LogP contribution in [0.3, 0.4) is 0 Å². The van der Waals surface area contributed by atoms with Crippen molar-refractivity contribution in [2.45, 2.75) is 12.8 Å². The summed E-state index contributed by atoms with van der Waals surface area (Å²) >= 11 is 0. The lowest BCUT2D eigenvalue weighted by Crippen LogP contribution is -2.32. The summed E-state index contributed by atoms with van der Waals surface area (Å²) in [6.45, 7) is 0. The number of aromatic amines is 1. The number of nitrogens with one attached hydrogen (secondary N) is 1. The van der Waals surface area contributed by atoms with E-state index in [1.165, 1.54) is 6.20 Å². The standard InChI is InChI=1S/C12H9N3O4/c16-9-3-4-10(17)15(9)19-12(18)8-6-14-11-7(8)2-1-5-13-11/h1-2,5-6H,3-4H2,(H,13,14). The number of hydrogen-bond donors (Lipinski definition) is 1. The first-order chi connectivity index (χ1) is 9.16. The lowest BCUT2D eigenvalue weighted by atomic mass is 10.2. The van der Waals surface area contributed by atoms with E-state index in [9.17, 15) is 14.4 Å². The number of nitrogens with zero attached hydrogens (tertiary/aromatic N) is 2. The third-order valence-corrected chi connectivity index (χ3v) is 2.85. The Labute approximate surface area is 107 Å². The zero-order chi connectivity index (χ0) is 13.4. The normalized spacial score (nSPS) is 15.3. The molecule has 0 unspecified atom stereocenters. The van der Waals surface area contributed by atoms with Crippen molar-refractivity contribution in [1.82, 2.24) is 15.0 Å². The van der Waals surface area contributed by atoms with Crippen LogP contribution in [0.25, 0.3) is 11.0 Å². The first-order valence-corrected chi connectivity index (χ1v) is 5.67. The van der Waals surface area contributed by atoms with Gasteiger partial charge in [0, 0.05) is 30.6 Å². The van der Waals surface area contributed by atoms with Gasteiger partial charge in [0.05, 0.1) is 5.56 Å². The van der Waals surface area contributed by atoms with Gasteiger partial charge >= 0.3 is 5.97 Å². The lowest BCUT2D eigenvalue weighted by molar-refractivity contribution is -0.172. The number of fused-ring (bicyclic) bond motifs is 1. The molecule has 19 heavy (non-hydrogen) atoms. The van der Waals surface area contributed by atoms with E-state index in [1.807, 2.05) is 0 Å². The van der Waals surface area contributed by atoms with E-state index in [0.717, 1.165) is 0 Å². The Bertz CT molecular complexity index is 675. The summed E-state index contributed by atoms with van der Waals surface area (Å²) in [5.41, 5.74) is 0.768. The SMILES string of the molecule is O=C(ON1C(=O)CCC1=O)c1c[nH]c2ncccc12. The predicted molar refractivity (Wildman–Crippen MR) is 62.6 cm³/mol. The molecule has 0 aliphatic carbocycles. The van der Waals surface area contributed by atoms with Crippen LogP contribution in [0, 0.1) is 0 Å². The molecule has 1 aliphatic rings. The number of H-pyrrole nitrogens is 1. The third-order valence-electron chi connectivity index (χ3n) is 2.85. The molecule has 2 aromatic rings. The summed E-state index contributed by atoms with van der Waals surface area (Å²) in [5, 5.41) is 1.10. The molecule has 3 rings (SSSR count). The number of amides is 2. The Kier molecular flexibility index (Phi) is 2.52. The molecule has 1 N–H and O–H groups in total.